The number of hydrogen-bond donors (Lipinski definition) is 1. The van der Waals surface area contributed by atoms with Gasteiger partial charge in [0.15, 0.2) is 0 Å². The van der Waals surface area contributed by atoms with Crippen LogP contribution in [0.3, 0.4) is 0 Å². The minimum atomic E-state index is 0.0179. The van der Waals surface area contributed by atoms with Crippen molar-refractivity contribution in [2.24, 2.45) is 5.73 Å². The van der Waals surface area contributed by atoms with Gasteiger partial charge >= 0.3 is 0 Å². The molecule has 0 atom stereocenters. The Morgan fingerprint density at radius 3 is 2.33 bits per heavy atom. The zero-order valence-electron chi connectivity index (χ0n) is 11.4. The highest BCUT2D eigenvalue weighted by molar-refractivity contribution is 5.94. The van der Waals surface area contributed by atoms with Crippen molar-refractivity contribution in [1.82, 2.24) is 4.90 Å². The fraction of sp³-hybridized carbons (Fsp3) is 0.500. The van der Waals surface area contributed by atoms with E-state index in [1.54, 1.807) is 12.0 Å². The molecule has 4 heteroatoms. The van der Waals surface area contributed by atoms with Crippen LogP contribution in [0.15, 0.2) is 18.2 Å². The van der Waals surface area contributed by atoms with Gasteiger partial charge in [-0.15, -0.1) is 0 Å². The molecule has 100 valence electrons. The van der Waals surface area contributed by atoms with Crippen molar-refractivity contribution in [3.63, 3.8) is 0 Å². The maximum Gasteiger partial charge on any atom is 0.253 e. The molecule has 0 saturated carbocycles. The third-order valence-corrected chi connectivity index (χ3v) is 2.72. The lowest BCUT2D eigenvalue weighted by Gasteiger charge is -2.22. The average molecular weight is 250 g/mol. The highest BCUT2D eigenvalue weighted by atomic mass is 16.5. The van der Waals surface area contributed by atoms with Gasteiger partial charge in [0.25, 0.3) is 5.91 Å². The molecule has 18 heavy (non-hydrogen) atoms. The van der Waals surface area contributed by atoms with Gasteiger partial charge < -0.3 is 15.4 Å². The SMILES string of the molecule is COCCN(CCN)C(=O)c1cc(C)cc(C)c1. The lowest BCUT2D eigenvalue weighted by molar-refractivity contribution is 0.0701. The molecule has 0 fully saturated rings. The Hall–Kier alpha value is -1.39. The summed E-state index contributed by atoms with van der Waals surface area (Å²) < 4.78 is 5.02. The second-order valence-corrected chi connectivity index (χ2v) is 4.45. The van der Waals surface area contributed by atoms with Crippen molar-refractivity contribution >= 4 is 5.91 Å². The number of aryl methyl sites for hydroxylation is 2. The number of nitrogens with zero attached hydrogens (tertiary/aromatic N) is 1. The van der Waals surface area contributed by atoms with E-state index in [9.17, 15) is 4.79 Å². The number of hydrogen-bond acceptors (Lipinski definition) is 3. The van der Waals surface area contributed by atoms with Crippen LogP contribution < -0.4 is 5.73 Å². The molecule has 0 radical (unpaired) electrons. The van der Waals surface area contributed by atoms with E-state index < -0.39 is 0 Å². The standard InChI is InChI=1S/C14H22N2O2/c1-11-8-12(2)10-13(9-11)14(17)16(5-4-15)6-7-18-3/h8-10H,4-7,15H2,1-3H3. The van der Waals surface area contributed by atoms with Crippen LogP contribution in [0.5, 0.6) is 0 Å². The summed E-state index contributed by atoms with van der Waals surface area (Å²) in [5.41, 5.74) is 8.45. The minimum absolute atomic E-state index is 0.0179. The van der Waals surface area contributed by atoms with Gasteiger partial charge in [-0.3, -0.25) is 4.79 Å². The Bertz CT molecular complexity index is 385. The van der Waals surface area contributed by atoms with E-state index >= 15 is 0 Å². The summed E-state index contributed by atoms with van der Waals surface area (Å²) in [5, 5.41) is 0. The van der Waals surface area contributed by atoms with E-state index in [0.717, 1.165) is 16.7 Å². The molecular formula is C14H22N2O2. The summed E-state index contributed by atoms with van der Waals surface area (Å²) in [6.07, 6.45) is 0. The molecule has 0 bridgehead atoms. The number of ether oxygens (including phenoxy) is 1. The highest BCUT2D eigenvalue weighted by Crippen LogP contribution is 2.11. The lowest BCUT2D eigenvalue weighted by Crippen LogP contribution is -2.37. The van der Waals surface area contributed by atoms with Crippen LogP contribution in [0.25, 0.3) is 0 Å². The maximum absolute atomic E-state index is 12.4. The Labute approximate surface area is 109 Å². The number of carbonyl (C=O) groups excluding carboxylic acids is 1. The van der Waals surface area contributed by atoms with Crippen molar-refractivity contribution in [3.05, 3.63) is 34.9 Å². The van der Waals surface area contributed by atoms with Gasteiger partial charge in [-0.05, 0) is 26.0 Å². The molecular weight excluding hydrogens is 228 g/mol. The largest absolute Gasteiger partial charge is 0.383 e. The van der Waals surface area contributed by atoms with Crippen molar-refractivity contribution in [3.8, 4) is 0 Å². The fourth-order valence-corrected chi connectivity index (χ4v) is 1.95. The van der Waals surface area contributed by atoms with E-state index in [-0.39, 0.29) is 5.91 Å². The van der Waals surface area contributed by atoms with Crippen LogP contribution in [0.2, 0.25) is 0 Å². The van der Waals surface area contributed by atoms with E-state index in [1.165, 1.54) is 0 Å². The van der Waals surface area contributed by atoms with Crippen molar-refractivity contribution in [2.45, 2.75) is 13.8 Å². The molecule has 0 aliphatic rings. The van der Waals surface area contributed by atoms with Gasteiger partial charge in [0.1, 0.15) is 0 Å². The van der Waals surface area contributed by atoms with Crippen LogP contribution >= 0.6 is 0 Å². The van der Waals surface area contributed by atoms with Crippen LogP contribution in [0, 0.1) is 13.8 Å². The summed E-state index contributed by atoms with van der Waals surface area (Å²) in [5.74, 6) is 0.0179. The van der Waals surface area contributed by atoms with Gasteiger partial charge in [-0.25, -0.2) is 0 Å². The number of rotatable bonds is 6. The molecule has 4 nitrogen and oxygen atoms in total. The Balaban J connectivity index is 2.86. The second kappa shape index (κ2) is 7.13. The predicted octanol–water partition coefficient (Wildman–Crippen LogP) is 1.35. The van der Waals surface area contributed by atoms with E-state index in [1.807, 2.05) is 26.0 Å². The van der Waals surface area contributed by atoms with Crippen LogP contribution in [0.1, 0.15) is 21.5 Å². The summed E-state index contributed by atoms with van der Waals surface area (Å²) in [4.78, 5) is 14.1. The minimum Gasteiger partial charge on any atom is -0.383 e. The first-order valence-corrected chi connectivity index (χ1v) is 6.15. The molecule has 1 amide bonds. The first-order chi connectivity index (χ1) is 8.58. The quantitative estimate of drug-likeness (QED) is 0.829. The smallest absolute Gasteiger partial charge is 0.253 e. The molecule has 0 aliphatic carbocycles. The molecule has 0 unspecified atom stereocenters. The van der Waals surface area contributed by atoms with Gasteiger partial charge in [0.05, 0.1) is 6.61 Å². The second-order valence-electron chi connectivity index (χ2n) is 4.45. The fourth-order valence-electron chi connectivity index (χ4n) is 1.95. The molecule has 0 heterocycles. The van der Waals surface area contributed by atoms with E-state index in [2.05, 4.69) is 6.07 Å². The molecule has 1 rings (SSSR count). The zero-order valence-corrected chi connectivity index (χ0v) is 11.4. The Morgan fingerprint density at radius 2 is 1.83 bits per heavy atom. The summed E-state index contributed by atoms with van der Waals surface area (Å²) in [7, 11) is 1.63. The number of amides is 1. The Kier molecular flexibility index (Phi) is 5.82. The van der Waals surface area contributed by atoms with Gasteiger partial charge in [0.2, 0.25) is 0 Å². The molecule has 2 N–H and O–H groups in total. The molecule has 0 aromatic heterocycles. The number of benzene rings is 1. The molecule has 1 aromatic rings. The summed E-state index contributed by atoms with van der Waals surface area (Å²) in [6, 6.07) is 5.87. The van der Waals surface area contributed by atoms with Gasteiger partial charge in [-0.2, -0.15) is 0 Å². The third-order valence-electron chi connectivity index (χ3n) is 2.72. The average Bonchev–Trinajstić information content (AvgIpc) is 2.32. The third kappa shape index (κ3) is 4.13. The van der Waals surface area contributed by atoms with Gasteiger partial charge in [-0.1, -0.05) is 17.2 Å². The topological polar surface area (TPSA) is 55.6 Å². The summed E-state index contributed by atoms with van der Waals surface area (Å²) >= 11 is 0. The maximum atomic E-state index is 12.4. The monoisotopic (exact) mass is 250 g/mol. The van der Waals surface area contributed by atoms with E-state index in [0.29, 0.717) is 26.2 Å². The van der Waals surface area contributed by atoms with Crippen molar-refractivity contribution < 1.29 is 9.53 Å². The van der Waals surface area contributed by atoms with Crippen molar-refractivity contribution in [2.75, 3.05) is 33.4 Å². The van der Waals surface area contributed by atoms with Crippen molar-refractivity contribution in [1.29, 1.82) is 0 Å². The predicted molar refractivity (Wildman–Crippen MR) is 72.7 cm³/mol. The first kappa shape index (κ1) is 14.7. The van der Waals surface area contributed by atoms with Gasteiger partial charge in [0, 0.05) is 32.3 Å². The highest BCUT2D eigenvalue weighted by Gasteiger charge is 2.15. The Morgan fingerprint density at radius 1 is 1.22 bits per heavy atom. The lowest BCUT2D eigenvalue weighted by atomic mass is 10.1. The molecule has 0 spiro atoms. The first-order valence-electron chi connectivity index (χ1n) is 6.15. The summed E-state index contributed by atoms with van der Waals surface area (Å²) in [6.45, 7) is 6.09. The normalized spacial score (nSPS) is 10.4. The molecule has 1 aromatic carbocycles. The molecule has 0 saturated heterocycles. The van der Waals surface area contributed by atoms with Crippen LogP contribution in [-0.4, -0.2) is 44.2 Å². The van der Waals surface area contributed by atoms with E-state index in [4.69, 9.17) is 10.5 Å². The zero-order chi connectivity index (χ0) is 13.5. The number of nitrogens with two attached hydrogens (primary N) is 1. The molecule has 0 aliphatic heterocycles. The number of methoxy groups -OCH3 is 1. The van der Waals surface area contributed by atoms with Crippen LogP contribution in [0.4, 0.5) is 0 Å². The number of carbonyl (C=O) groups is 1. The van der Waals surface area contributed by atoms with Crippen LogP contribution in [-0.2, 0) is 4.74 Å².